The fourth-order valence-corrected chi connectivity index (χ4v) is 2.42. The maximum atomic E-state index is 11.9. The Morgan fingerprint density at radius 3 is 2.88 bits per heavy atom. The van der Waals surface area contributed by atoms with Crippen LogP contribution < -0.4 is 15.4 Å². The van der Waals surface area contributed by atoms with Crippen LogP contribution in [0.2, 0.25) is 0 Å². The molecule has 1 aliphatic heterocycles. The number of hydrogen-bond donors (Lipinski definition) is 2. The summed E-state index contributed by atoms with van der Waals surface area (Å²) in [5.74, 6) is -0.153. The van der Waals surface area contributed by atoms with Crippen LogP contribution in [-0.2, 0) is 16.1 Å². The first-order valence-corrected chi connectivity index (χ1v) is 7.60. The lowest BCUT2D eigenvalue weighted by atomic mass is 10.3. The molecule has 2 heterocycles. The summed E-state index contributed by atoms with van der Waals surface area (Å²) in [6.45, 7) is -0.138. The van der Waals surface area contributed by atoms with Crippen LogP contribution in [0.25, 0.3) is 5.69 Å². The highest BCUT2D eigenvalue weighted by atomic mass is 16.5. The van der Waals surface area contributed by atoms with Gasteiger partial charge in [-0.3, -0.25) is 14.5 Å². The van der Waals surface area contributed by atoms with Crippen molar-refractivity contribution in [3.05, 3.63) is 42.2 Å². The first-order chi connectivity index (χ1) is 12.1. The Morgan fingerprint density at radius 2 is 2.16 bits per heavy atom. The molecule has 2 aromatic rings. The minimum absolute atomic E-state index is 0.0716. The van der Waals surface area contributed by atoms with Crippen molar-refractivity contribution in [2.45, 2.75) is 6.54 Å². The van der Waals surface area contributed by atoms with Crippen molar-refractivity contribution in [1.29, 1.82) is 0 Å². The molecule has 0 aliphatic carbocycles. The van der Waals surface area contributed by atoms with Gasteiger partial charge in [-0.25, -0.2) is 9.48 Å². The molecule has 0 spiro atoms. The summed E-state index contributed by atoms with van der Waals surface area (Å²) in [4.78, 5) is 35.6. The van der Waals surface area contributed by atoms with Gasteiger partial charge in [0.1, 0.15) is 18.0 Å². The zero-order valence-corrected chi connectivity index (χ0v) is 13.6. The average Bonchev–Trinajstić information content (AvgIpc) is 3.22. The van der Waals surface area contributed by atoms with Crippen LogP contribution in [0.1, 0.15) is 5.56 Å². The van der Waals surface area contributed by atoms with Gasteiger partial charge in [-0.05, 0) is 12.1 Å². The molecule has 9 nitrogen and oxygen atoms in total. The first-order valence-electron chi connectivity index (χ1n) is 7.60. The lowest BCUT2D eigenvalue weighted by Gasteiger charge is -2.11. The number of benzene rings is 1. The molecule has 3 rings (SSSR count). The zero-order chi connectivity index (χ0) is 17.8. The zero-order valence-electron chi connectivity index (χ0n) is 13.6. The van der Waals surface area contributed by atoms with Crippen LogP contribution in [0.4, 0.5) is 4.79 Å². The molecule has 0 atom stereocenters. The van der Waals surface area contributed by atoms with E-state index in [2.05, 4.69) is 15.7 Å². The molecule has 1 saturated heterocycles. The van der Waals surface area contributed by atoms with Gasteiger partial charge in [-0.15, -0.1) is 0 Å². The van der Waals surface area contributed by atoms with E-state index in [0.29, 0.717) is 5.75 Å². The van der Waals surface area contributed by atoms with E-state index in [0.717, 1.165) is 16.2 Å². The Morgan fingerprint density at radius 1 is 1.36 bits per heavy atom. The fraction of sp³-hybridized carbons (Fsp3) is 0.250. The van der Waals surface area contributed by atoms with Crippen molar-refractivity contribution in [3.8, 4) is 11.4 Å². The Bertz CT molecular complexity index is 800. The van der Waals surface area contributed by atoms with Gasteiger partial charge < -0.3 is 15.4 Å². The number of hydrogen-bond acceptors (Lipinski definition) is 5. The van der Waals surface area contributed by atoms with Crippen molar-refractivity contribution < 1.29 is 19.1 Å². The predicted octanol–water partition coefficient (Wildman–Crippen LogP) is 0.0489. The van der Waals surface area contributed by atoms with Gasteiger partial charge in [0, 0.05) is 18.3 Å². The molecule has 1 aromatic carbocycles. The molecule has 1 aliphatic rings. The average molecular weight is 343 g/mol. The van der Waals surface area contributed by atoms with Crippen LogP contribution in [0.3, 0.4) is 0 Å². The second-order valence-corrected chi connectivity index (χ2v) is 5.38. The predicted molar refractivity (Wildman–Crippen MR) is 87.1 cm³/mol. The van der Waals surface area contributed by atoms with Gasteiger partial charge >= 0.3 is 6.03 Å². The molecule has 0 unspecified atom stereocenters. The second-order valence-electron chi connectivity index (χ2n) is 5.38. The largest absolute Gasteiger partial charge is 0.494 e. The normalized spacial score (nSPS) is 13.7. The number of nitrogens with one attached hydrogen (secondary N) is 2. The van der Waals surface area contributed by atoms with E-state index in [-0.39, 0.29) is 19.6 Å². The number of carbonyl (C=O) groups excluding carboxylic acids is 3. The third-order valence-electron chi connectivity index (χ3n) is 3.70. The van der Waals surface area contributed by atoms with E-state index in [1.807, 2.05) is 24.3 Å². The molecule has 4 amide bonds. The summed E-state index contributed by atoms with van der Waals surface area (Å²) in [7, 11) is 1.58. The number of carbonyl (C=O) groups is 3. The molecular formula is C16H17N5O4. The highest BCUT2D eigenvalue weighted by Gasteiger charge is 2.29. The maximum absolute atomic E-state index is 11.9. The quantitative estimate of drug-likeness (QED) is 0.721. The Balaban J connectivity index is 1.59. The Kier molecular flexibility index (Phi) is 4.64. The van der Waals surface area contributed by atoms with Gasteiger partial charge in [0.05, 0.1) is 19.9 Å². The van der Waals surface area contributed by atoms with Crippen molar-refractivity contribution in [2.24, 2.45) is 0 Å². The molecule has 130 valence electrons. The molecule has 0 radical (unpaired) electrons. The number of para-hydroxylation sites is 2. The lowest BCUT2D eigenvalue weighted by molar-refractivity contribution is -0.130. The number of urea groups is 1. The van der Waals surface area contributed by atoms with E-state index in [1.54, 1.807) is 24.2 Å². The minimum atomic E-state index is -0.552. The number of rotatable bonds is 6. The molecule has 0 bridgehead atoms. The molecule has 2 N–H and O–H groups in total. The van der Waals surface area contributed by atoms with Gasteiger partial charge in [0.2, 0.25) is 5.91 Å². The van der Waals surface area contributed by atoms with Crippen LogP contribution in [0.5, 0.6) is 5.75 Å². The molecule has 9 heteroatoms. The SMILES string of the molecule is COc1ccccc1-n1cc(CNC(=O)CN2C(=O)CNC2=O)cn1. The smallest absolute Gasteiger partial charge is 0.325 e. The Labute approximate surface area is 143 Å². The highest BCUT2D eigenvalue weighted by molar-refractivity contribution is 6.04. The highest BCUT2D eigenvalue weighted by Crippen LogP contribution is 2.21. The van der Waals surface area contributed by atoms with Crippen LogP contribution in [0.15, 0.2) is 36.7 Å². The van der Waals surface area contributed by atoms with Gasteiger partial charge in [0.15, 0.2) is 0 Å². The number of methoxy groups -OCH3 is 1. The first kappa shape index (κ1) is 16.5. The standard InChI is InChI=1S/C16H17N5O4/c1-25-13-5-3-2-4-12(13)21-9-11(7-19-21)6-17-14(22)10-20-15(23)8-18-16(20)24/h2-5,7,9H,6,8,10H2,1H3,(H,17,22)(H,18,24). The molecule has 25 heavy (non-hydrogen) atoms. The number of amides is 4. The second kappa shape index (κ2) is 7.04. The van der Waals surface area contributed by atoms with E-state index in [1.165, 1.54) is 0 Å². The molecule has 1 aromatic heterocycles. The maximum Gasteiger partial charge on any atom is 0.325 e. The van der Waals surface area contributed by atoms with Crippen LogP contribution in [0, 0.1) is 0 Å². The fourth-order valence-electron chi connectivity index (χ4n) is 2.42. The van der Waals surface area contributed by atoms with Gasteiger partial charge in [0.25, 0.3) is 5.91 Å². The number of nitrogens with zero attached hydrogens (tertiary/aromatic N) is 3. The van der Waals surface area contributed by atoms with Gasteiger partial charge in [-0.2, -0.15) is 5.10 Å². The monoisotopic (exact) mass is 343 g/mol. The third-order valence-corrected chi connectivity index (χ3v) is 3.70. The van der Waals surface area contributed by atoms with E-state index < -0.39 is 17.8 Å². The van der Waals surface area contributed by atoms with E-state index >= 15 is 0 Å². The van der Waals surface area contributed by atoms with Crippen LogP contribution >= 0.6 is 0 Å². The lowest BCUT2D eigenvalue weighted by Crippen LogP contribution is -2.40. The van der Waals surface area contributed by atoms with Crippen molar-refractivity contribution >= 4 is 17.8 Å². The summed E-state index contributed by atoms with van der Waals surface area (Å²) < 4.78 is 6.95. The van der Waals surface area contributed by atoms with Crippen molar-refractivity contribution in [1.82, 2.24) is 25.3 Å². The number of imide groups is 1. The molecule has 0 saturated carbocycles. The summed E-state index contributed by atoms with van der Waals surface area (Å²) in [5, 5.41) is 9.28. The Hall–Kier alpha value is -3.36. The summed E-state index contributed by atoms with van der Waals surface area (Å²) in [5.41, 5.74) is 1.55. The topological polar surface area (TPSA) is 106 Å². The van der Waals surface area contributed by atoms with Crippen molar-refractivity contribution in [3.63, 3.8) is 0 Å². The van der Waals surface area contributed by atoms with Gasteiger partial charge in [-0.1, -0.05) is 12.1 Å². The third kappa shape index (κ3) is 3.60. The number of aromatic nitrogens is 2. The summed E-state index contributed by atoms with van der Waals surface area (Å²) in [6, 6.07) is 6.88. The summed E-state index contributed by atoms with van der Waals surface area (Å²) in [6.07, 6.45) is 3.40. The molecule has 1 fully saturated rings. The van der Waals surface area contributed by atoms with E-state index in [9.17, 15) is 14.4 Å². The minimum Gasteiger partial charge on any atom is -0.494 e. The van der Waals surface area contributed by atoms with Crippen molar-refractivity contribution in [2.75, 3.05) is 20.2 Å². The van der Waals surface area contributed by atoms with Crippen LogP contribution in [-0.4, -0.2) is 52.7 Å². The number of ether oxygens (including phenoxy) is 1. The van der Waals surface area contributed by atoms with E-state index in [4.69, 9.17) is 4.74 Å². The molecular weight excluding hydrogens is 326 g/mol. The summed E-state index contributed by atoms with van der Waals surface area (Å²) >= 11 is 0.